The Hall–Kier alpha value is -0.220. The van der Waals surface area contributed by atoms with Crippen molar-refractivity contribution in [3.63, 3.8) is 0 Å². The van der Waals surface area contributed by atoms with Crippen LogP contribution in [-0.2, 0) is 0 Å². The van der Waals surface area contributed by atoms with Crippen LogP contribution >= 0.6 is 24.4 Å². The minimum atomic E-state index is -0.177. The minimum Gasteiger partial charge on any atom is -0.365 e. The molecule has 0 unspecified atom stereocenters. The topological polar surface area (TPSA) is 6.48 Å². The van der Waals surface area contributed by atoms with Gasteiger partial charge in [-0.05, 0) is 27.7 Å². The summed E-state index contributed by atoms with van der Waals surface area (Å²) >= 11 is 10.4. The maximum atomic E-state index is 5.47. The molecule has 0 aliphatic heterocycles. The first-order chi connectivity index (χ1) is 6.41. The van der Waals surface area contributed by atoms with E-state index < -0.39 is 0 Å². The zero-order chi connectivity index (χ0) is 11.4. The molecule has 0 aliphatic rings. The maximum absolute atomic E-state index is 5.47. The second kappa shape index (κ2) is 5.61. The molecule has 0 aromatic rings. The monoisotopic (exact) mass is 232 g/mol. The van der Waals surface area contributed by atoms with Crippen molar-refractivity contribution in [3.05, 3.63) is 0 Å². The fourth-order valence-corrected chi connectivity index (χ4v) is 1.85. The van der Waals surface area contributed by atoms with Crippen LogP contribution in [0.4, 0.5) is 0 Å². The van der Waals surface area contributed by atoms with Gasteiger partial charge in [-0.3, -0.25) is 0 Å². The molecule has 0 atom stereocenters. The third-order valence-corrected chi connectivity index (χ3v) is 3.69. The van der Waals surface area contributed by atoms with Crippen molar-refractivity contribution in [1.29, 1.82) is 0 Å². The van der Waals surface area contributed by atoms with Crippen LogP contribution in [0.5, 0.6) is 0 Å². The van der Waals surface area contributed by atoms with Crippen molar-refractivity contribution >= 4 is 34.9 Å². The normalized spacial score (nSPS) is 10.9. The summed E-state index contributed by atoms with van der Waals surface area (Å²) in [5.74, 6) is 0. The SMILES string of the molecule is CCN(CC)C(=S)C(C)(C)N(C)C=S. The third-order valence-electron chi connectivity index (χ3n) is 2.61. The van der Waals surface area contributed by atoms with Crippen LogP contribution in [0.15, 0.2) is 0 Å². The van der Waals surface area contributed by atoms with Crippen molar-refractivity contribution in [2.45, 2.75) is 33.2 Å². The first-order valence-electron chi connectivity index (χ1n) is 4.89. The fraction of sp³-hybridized carbons (Fsp3) is 0.800. The van der Waals surface area contributed by atoms with E-state index in [4.69, 9.17) is 24.4 Å². The maximum Gasteiger partial charge on any atom is 0.103 e. The van der Waals surface area contributed by atoms with Gasteiger partial charge in [0.1, 0.15) is 4.99 Å². The van der Waals surface area contributed by atoms with Crippen LogP contribution in [0.2, 0.25) is 0 Å². The molecule has 4 heteroatoms. The van der Waals surface area contributed by atoms with Crippen LogP contribution < -0.4 is 0 Å². The Kier molecular flexibility index (Phi) is 5.52. The first-order valence-corrected chi connectivity index (χ1v) is 5.77. The Morgan fingerprint density at radius 1 is 1.29 bits per heavy atom. The quantitative estimate of drug-likeness (QED) is 0.671. The largest absolute Gasteiger partial charge is 0.365 e. The molecule has 0 saturated heterocycles. The average Bonchev–Trinajstić information content (AvgIpc) is 2.18. The second-order valence-corrected chi connectivity index (χ2v) is 4.35. The first kappa shape index (κ1) is 13.8. The standard InChI is InChI=1S/C10H20N2S2/c1-6-12(7-2)9(14)10(3,4)11(5)8-13/h8H,6-7H2,1-5H3. The molecule has 0 aliphatic carbocycles. The van der Waals surface area contributed by atoms with E-state index in [-0.39, 0.29) is 5.54 Å². The van der Waals surface area contributed by atoms with Crippen molar-refractivity contribution in [2.75, 3.05) is 20.1 Å². The van der Waals surface area contributed by atoms with Gasteiger partial charge in [0.15, 0.2) is 0 Å². The fourth-order valence-electron chi connectivity index (χ4n) is 1.18. The summed E-state index contributed by atoms with van der Waals surface area (Å²) < 4.78 is 0. The highest BCUT2D eigenvalue weighted by Gasteiger charge is 2.29. The Balaban J connectivity index is 4.72. The Morgan fingerprint density at radius 3 is 2.00 bits per heavy atom. The lowest BCUT2D eigenvalue weighted by Gasteiger charge is -2.39. The van der Waals surface area contributed by atoms with Gasteiger partial charge in [0.25, 0.3) is 0 Å². The lowest BCUT2D eigenvalue weighted by Crippen LogP contribution is -2.53. The van der Waals surface area contributed by atoms with Gasteiger partial charge in [0.05, 0.1) is 11.0 Å². The molecule has 0 rings (SSSR count). The van der Waals surface area contributed by atoms with Crippen molar-refractivity contribution in [1.82, 2.24) is 9.80 Å². The summed E-state index contributed by atoms with van der Waals surface area (Å²) in [6.45, 7) is 10.3. The molecule has 0 radical (unpaired) electrons. The van der Waals surface area contributed by atoms with Crippen LogP contribution in [0.3, 0.4) is 0 Å². The van der Waals surface area contributed by atoms with E-state index >= 15 is 0 Å². The number of thiocarbonyl (C=S) groups is 2. The molecule has 14 heavy (non-hydrogen) atoms. The molecular weight excluding hydrogens is 212 g/mol. The zero-order valence-corrected chi connectivity index (χ0v) is 11.3. The number of likely N-dealkylation sites (N-methyl/N-ethyl adjacent to an activating group) is 2. The number of hydrogen-bond acceptors (Lipinski definition) is 2. The van der Waals surface area contributed by atoms with E-state index in [0.717, 1.165) is 18.1 Å². The van der Waals surface area contributed by atoms with Gasteiger partial charge in [0, 0.05) is 20.1 Å². The van der Waals surface area contributed by atoms with Gasteiger partial charge in [-0.2, -0.15) is 0 Å². The highest BCUT2D eigenvalue weighted by Crippen LogP contribution is 2.16. The smallest absolute Gasteiger partial charge is 0.103 e. The van der Waals surface area contributed by atoms with E-state index in [0.29, 0.717) is 0 Å². The van der Waals surface area contributed by atoms with Crippen molar-refractivity contribution in [3.8, 4) is 0 Å². The summed E-state index contributed by atoms with van der Waals surface area (Å²) in [7, 11) is 1.96. The van der Waals surface area contributed by atoms with Crippen LogP contribution in [0.25, 0.3) is 0 Å². The van der Waals surface area contributed by atoms with E-state index in [1.807, 2.05) is 11.9 Å². The van der Waals surface area contributed by atoms with Crippen LogP contribution in [0.1, 0.15) is 27.7 Å². The molecule has 0 heterocycles. The lowest BCUT2D eigenvalue weighted by molar-refractivity contribution is 0.320. The zero-order valence-electron chi connectivity index (χ0n) is 9.70. The molecule has 0 aromatic heterocycles. The second-order valence-electron chi connectivity index (χ2n) is 3.75. The predicted molar refractivity (Wildman–Crippen MR) is 71.0 cm³/mol. The molecule has 0 amide bonds. The molecule has 0 aromatic carbocycles. The molecule has 2 nitrogen and oxygen atoms in total. The summed E-state index contributed by atoms with van der Waals surface area (Å²) in [6, 6.07) is 0. The van der Waals surface area contributed by atoms with Crippen molar-refractivity contribution in [2.24, 2.45) is 0 Å². The van der Waals surface area contributed by atoms with Crippen LogP contribution in [-0.4, -0.2) is 46.0 Å². The summed E-state index contributed by atoms with van der Waals surface area (Å²) in [5.41, 5.74) is 1.47. The molecule has 0 N–H and O–H groups in total. The van der Waals surface area contributed by atoms with Gasteiger partial charge in [0.2, 0.25) is 0 Å². The average molecular weight is 232 g/mol. The molecule has 82 valence electrons. The summed E-state index contributed by atoms with van der Waals surface area (Å²) in [4.78, 5) is 5.11. The molecule has 0 saturated carbocycles. The molecule has 0 spiro atoms. The van der Waals surface area contributed by atoms with Gasteiger partial charge in [-0.25, -0.2) is 0 Å². The van der Waals surface area contributed by atoms with E-state index in [1.54, 1.807) is 5.49 Å². The Morgan fingerprint density at radius 2 is 1.71 bits per heavy atom. The third kappa shape index (κ3) is 2.89. The van der Waals surface area contributed by atoms with Gasteiger partial charge >= 0.3 is 0 Å². The van der Waals surface area contributed by atoms with Gasteiger partial charge < -0.3 is 9.80 Å². The minimum absolute atomic E-state index is 0.177. The van der Waals surface area contributed by atoms with Crippen molar-refractivity contribution < 1.29 is 0 Å². The number of nitrogens with zero attached hydrogens (tertiary/aromatic N) is 2. The highest BCUT2D eigenvalue weighted by molar-refractivity contribution is 7.80. The lowest BCUT2D eigenvalue weighted by atomic mass is 10.0. The van der Waals surface area contributed by atoms with E-state index in [2.05, 4.69) is 32.6 Å². The highest BCUT2D eigenvalue weighted by atomic mass is 32.1. The van der Waals surface area contributed by atoms with Gasteiger partial charge in [-0.15, -0.1) is 0 Å². The summed E-state index contributed by atoms with van der Waals surface area (Å²) in [5, 5.41) is 0. The molecular formula is C10H20N2S2. The number of rotatable bonds is 5. The van der Waals surface area contributed by atoms with Crippen LogP contribution in [0, 0.1) is 0 Å². The van der Waals surface area contributed by atoms with Gasteiger partial charge in [-0.1, -0.05) is 24.4 Å². The van der Waals surface area contributed by atoms with E-state index in [1.165, 1.54) is 0 Å². The Labute approximate surface area is 98.3 Å². The molecule has 0 fully saturated rings. The Bertz CT molecular complexity index is 210. The number of hydrogen-bond donors (Lipinski definition) is 0. The summed E-state index contributed by atoms with van der Waals surface area (Å²) in [6.07, 6.45) is 0. The predicted octanol–water partition coefficient (Wildman–Crippen LogP) is 2.32. The molecule has 0 bridgehead atoms. The van der Waals surface area contributed by atoms with E-state index in [9.17, 15) is 0 Å².